The molecule has 0 saturated carbocycles. The Bertz CT molecular complexity index is 573. The molecule has 82 valence electrons. The van der Waals surface area contributed by atoms with Crippen LogP contribution in [0.5, 0.6) is 0 Å². The Balaban J connectivity index is 2.66. The first-order valence-electron chi connectivity index (χ1n) is 4.58. The number of aromatic amines is 1. The minimum Gasteiger partial charge on any atom is -0.328 e. The third kappa shape index (κ3) is 2.14. The van der Waals surface area contributed by atoms with Gasteiger partial charge in [-0.25, -0.2) is 13.8 Å². The monoisotopic (exact) mass is 238 g/mol. The summed E-state index contributed by atoms with van der Waals surface area (Å²) in [5.41, 5.74) is 1.29. The van der Waals surface area contributed by atoms with Gasteiger partial charge in [0, 0.05) is 5.56 Å². The minimum absolute atomic E-state index is 0.155. The molecule has 0 atom stereocenters. The first-order valence-corrected chi connectivity index (χ1v) is 4.99. The molecule has 1 aromatic heterocycles. The van der Waals surface area contributed by atoms with E-state index in [1.165, 1.54) is 12.1 Å². The first-order chi connectivity index (χ1) is 7.56. The van der Waals surface area contributed by atoms with Gasteiger partial charge in [-0.3, -0.25) is 0 Å². The fraction of sp³-hybridized carbons (Fsp3) is 0.0909. The van der Waals surface area contributed by atoms with E-state index in [-0.39, 0.29) is 10.5 Å². The summed E-state index contributed by atoms with van der Waals surface area (Å²) in [7, 11) is 0. The van der Waals surface area contributed by atoms with Crippen LogP contribution in [0.1, 0.15) is 5.56 Å². The first kappa shape index (κ1) is 10.9. The summed E-state index contributed by atoms with van der Waals surface area (Å²) in [5.74, 6) is -0.968. The highest BCUT2D eigenvalue weighted by atomic mass is 32.1. The molecule has 0 bridgehead atoms. The van der Waals surface area contributed by atoms with Gasteiger partial charge in [-0.1, -0.05) is 0 Å². The Labute approximate surface area is 96.0 Å². The highest BCUT2D eigenvalue weighted by molar-refractivity contribution is 7.71. The molecule has 1 heterocycles. The molecule has 0 saturated heterocycles. The lowest BCUT2D eigenvalue weighted by Crippen LogP contribution is -1.93. The van der Waals surface area contributed by atoms with E-state index in [1.807, 2.05) is 0 Å². The van der Waals surface area contributed by atoms with Crippen LogP contribution in [0.2, 0.25) is 0 Å². The molecule has 0 unspecified atom stereocenters. The third-order valence-electron chi connectivity index (χ3n) is 2.10. The second-order valence-corrected chi connectivity index (χ2v) is 3.82. The van der Waals surface area contributed by atoms with Crippen molar-refractivity contribution >= 4 is 12.2 Å². The van der Waals surface area contributed by atoms with Gasteiger partial charge in [-0.2, -0.15) is 0 Å². The van der Waals surface area contributed by atoms with E-state index < -0.39 is 11.6 Å². The van der Waals surface area contributed by atoms with Crippen molar-refractivity contribution in [2.24, 2.45) is 0 Å². The molecule has 16 heavy (non-hydrogen) atoms. The van der Waals surface area contributed by atoms with Crippen LogP contribution < -0.4 is 0 Å². The lowest BCUT2D eigenvalue weighted by atomic mass is 10.1. The highest BCUT2D eigenvalue weighted by Gasteiger charge is 2.07. The maximum Gasteiger partial charge on any atom is 0.197 e. The molecule has 0 aliphatic carbocycles. The number of aryl methyl sites for hydroxylation is 1. The summed E-state index contributed by atoms with van der Waals surface area (Å²) in [6.45, 7) is 1.74. The number of halogens is 2. The van der Waals surface area contributed by atoms with Crippen molar-refractivity contribution in [1.29, 1.82) is 0 Å². The van der Waals surface area contributed by atoms with E-state index in [0.717, 1.165) is 6.20 Å². The Morgan fingerprint density at radius 3 is 2.69 bits per heavy atom. The lowest BCUT2D eigenvalue weighted by Gasteiger charge is -2.04. The fourth-order valence-electron chi connectivity index (χ4n) is 1.47. The maximum atomic E-state index is 13.5. The smallest absolute Gasteiger partial charge is 0.197 e. The highest BCUT2D eigenvalue weighted by Crippen LogP contribution is 2.21. The van der Waals surface area contributed by atoms with Crippen LogP contribution in [0, 0.1) is 23.3 Å². The van der Waals surface area contributed by atoms with E-state index in [1.54, 1.807) is 13.0 Å². The van der Waals surface area contributed by atoms with Crippen molar-refractivity contribution in [2.75, 3.05) is 0 Å². The zero-order valence-corrected chi connectivity index (χ0v) is 9.24. The van der Waals surface area contributed by atoms with Gasteiger partial charge in [0.15, 0.2) is 10.6 Å². The predicted octanol–water partition coefficient (Wildman–Crippen LogP) is 3.39. The fourth-order valence-corrected chi connectivity index (χ4v) is 1.62. The second kappa shape index (κ2) is 4.09. The molecule has 0 aliphatic heterocycles. The van der Waals surface area contributed by atoms with E-state index in [0.29, 0.717) is 11.1 Å². The Kier molecular flexibility index (Phi) is 2.78. The summed E-state index contributed by atoms with van der Waals surface area (Å²) in [4.78, 5) is 6.21. The van der Waals surface area contributed by atoms with Gasteiger partial charge < -0.3 is 4.98 Å². The Morgan fingerprint density at radius 2 is 2.00 bits per heavy atom. The van der Waals surface area contributed by atoms with Crippen LogP contribution in [-0.2, 0) is 0 Å². The Morgan fingerprint density at radius 1 is 1.25 bits per heavy atom. The van der Waals surface area contributed by atoms with Gasteiger partial charge in [0.2, 0.25) is 0 Å². The van der Waals surface area contributed by atoms with Crippen LogP contribution in [0.4, 0.5) is 8.78 Å². The van der Waals surface area contributed by atoms with Crippen molar-refractivity contribution in [1.82, 2.24) is 9.97 Å². The molecule has 5 heteroatoms. The van der Waals surface area contributed by atoms with Crippen LogP contribution in [0.25, 0.3) is 11.3 Å². The number of benzene rings is 1. The van der Waals surface area contributed by atoms with Crippen molar-refractivity contribution in [3.8, 4) is 11.3 Å². The van der Waals surface area contributed by atoms with Crippen molar-refractivity contribution in [2.45, 2.75) is 6.92 Å². The number of hydrogen-bond donors (Lipinski definition) is 1. The average Bonchev–Trinajstić information content (AvgIpc) is 2.20. The zero-order chi connectivity index (χ0) is 11.7. The summed E-state index contributed by atoms with van der Waals surface area (Å²) in [6, 6.07) is 4.29. The standard InChI is InChI=1S/C11H8F2N2S/c1-6-2-7(4-8(12)3-6)10-9(13)5-14-11(16)15-10/h2-5H,1H3,(H,14,15,16). The predicted molar refractivity (Wildman–Crippen MR) is 59.5 cm³/mol. The topological polar surface area (TPSA) is 28.7 Å². The van der Waals surface area contributed by atoms with Gasteiger partial charge in [0.05, 0.1) is 11.9 Å². The summed E-state index contributed by atoms with van der Waals surface area (Å²) in [5, 5.41) is 0. The largest absolute Gasteiger partial charge is 0.328 e. The average molecular weight is 238 g/mol. The van der Waals surface area contributed by atoms with Gasteiger partial charge >= 0.3 is 0 Å². The Hall–Kier alpha value is -1.62. The maximum absolute atomic E-state index is 13.5. The van der Waals surface area contributed by atoms with Crippen LogP contribution in [0.3, 0.4) is 0 Å². The molecule has 0 aliphatic rings. The van der Waals surface area contributed by atoms with E-state index in [9.17, 15) is 8.78 Å². The quantitative estimate of drug-likeness (QED) is 0.771. The van der Waals surface area contributed by atoms with Gasteiger partial charge in [-0.05, 0) is 42.9 Å². The molecule has 0 amide bonds. The lowest BCUT2D eigenvalue weighted by molar-refractivity contribution is 0.614. The summed E-state index contributed by atoms with van der Waals surface area (Å²) < 4.78 is 26.8. The SMILES string of the molecule is Cc1cc(F)cc(-c2[nH]c(=S)ncc2F)c1. The normalized spacial score (nSPS) is 10.4. The zero-order valence-electron chi connectivity index (χ0n) is 8.42. The molecule has 1 N–H and O–H groups in total. The van der Waals surface area contributed by atoms with Crippen LogP contribution >= 0.6 is 12.2 Å². The molecule has 2 nitrogen and oxygen atoms in total. The van der Waals surface area contributed by atoms with Crippen molar-refractivity contribution in [3.63, 3.8) is 0 Å². The molecule has 2 rings (SSSR count). The molecule has 0 spiro atoms. The van der Waals surface area contributed by atoms with Crippen LogP contribution in [-0.4, -0.2) is 9.97 Å². The van der Waals surface area contributed by atoms with E-state index in [4.69, 9.17) is 12.2 Å². The van der Waals surface area contributed by atoms with E-state index in [2.05, 4.69) is 9.97 Å². The van der Waals surface area contributed by atoms with E-state index >= 15 is 0 Å². The molecule has 2 aromatic rings. The van der Waals surface area contributed by atoms with Crippen molar-refractivity contribution < 1.29 is 8.78 Å². The summed E-state index contributed by atoms with van der Waals surface area (Å²) in [6.07, 6.45) is 1.02. The summed E-state index contributed by atoms with van der Waals surface area (Å²) >= 11 is 4.80. The van der Waals surface area contributed by atoms with Gasteiger partial charge in [-0.15, -0.1) is 0 Å². The number of nitrogens with zero attached hydrogens (tertiary/aromatic N) is 1. The second-order valence-electron chi connectivity index (χ2n) is 3.43. The molecule has 0 fully saturated rings. The number of H-pyrrole nitrogens is 1. The molecular weight excluding hydrogens is 230 g/mol. The molecule has 1 aromatic carbocycles. The van der Waals surface area contributed by atoms with Crippen molar-refractivity contribution in [3.05, 3.63) is 46.4 Å². The minimum atomic E-state index is -0.557. The van der Waals surface area contributed by atoms with Gasteiger partial charge in [0.1, 0.15) is 5.82 Å². The molecular formula is C11H8F2N2S. The van der Waals surface area contributed by atoms with Gasteiger partial charge in [0.25, 0.3) is 0 Å². The number of hydrogen-bond acceptors (Lipinski definition) is 2. The van der Waals surface area contributed by atoms with Crippen LogP contribution in [0.15, 0.2) is 24.4 Å². The molecule has 0 radical (unpaired) electrons. The number of nitrogens with one attached hydrogen (secondary N) is 1. The third-order valence-corrected chi connectivity index (χ3v) is 2.30. The number of aromatic nitrogens is 2. The number of rotatable bonds is 1.